The number of nitrogens with one attached hydrogen (secondary N) is 2. The Balaban J connectivity index is 2.22. The van der Waals surface area contributed by atoms with Gasteiger partial charge >= 0.3 is 0 Å². The molecular formula is C13H14N4O3S. The molecule has 1 amide bonds. The SMILES string of the molecule is CNC(=O)c1ccc(NCc2ncc(C)s2)c([N+](=O)[O-])c1. The Morgan fingerprint density at radius 2 is 2.24 bits per heavy atom. The second-order valence-corrected chi connectivity index (χ2v) is 5.61. The highest BCUT2D eigenvalue weighted by atomic mass is 32.1. The quantitative estimate of drug-likeness (QED) is 0.652. The van der Waals surface area contributed by atoms with E-state index in [2.05, 4.69) is 15.6 Å². The second kappa shape index (κ2) is 6.31. The Morgan fingerprint density at radius 3 is 2.81 bits per heavy atom. The van der Waals surface area contributed by atoms with Crippen LogP contribution in [0.5, 0.6) is 0 Å². The van der Waals surface area contributed by atoms with E-state index in [0.29, 0.717) is 12.2 Å². The third-order valence-electron chi connectivity index (χ3n) is 2.78. The van der Waals surface area contributed by atoms with Crippen LogP contribution < -0.4 is 10.6 Å². The van der Waals surface area contributed by atoms with Gasteiger partial charge in [0.05, 0.1) is 11.5 Å². The first-order valence-corrected chi connectivity index (χ1v) is 6.98. The van der Waals surface area contributed by atoms with E-state index in [0.717, 1.165) is 9.88 Å². The van der Waals surface area contributed by atoms with Crippen LogP contribution in [0.4, 0.5) is 11.4 Å². The second-order valence-electron chi connectivity index (χ2n) is 4.29. The molecule has 0 saturated carbocycles. The summed E-state index contributed by atoms with van der Waals surface area (Å²) in [6, 6.07) is 4.33. The molecule has 7 nitrogen and oxygen atoms in total. The lowest BCUT2D eigenvalue weighted by molar-refractivity contribution is -0.384. The van der Waals surface area contributed by atoms with Crippen molar-refractivity contribution in [2.45, 2.75) is 13.5 Å². The van der Waals surface area contributed by atoms with Gasteiger partial charge in [-0.25, -0.2) is 4.98 Å². The lowest BCUT2D eigenvalue weighted by Gasteiger charge is -2.07. The number of rotatable bonds is 5. The van der Waals surface area contributed by atoms with E-state index < -0.39 is 4.92 Å². The van der Waals surface area contributed by atoms with Gasteiger partial charge in [0.25, 0.3) is 11.6 Å². The average Bonchev–Trinajstić information content (AvgIpc) is 2.89. The Labute approximate surface area is 125 Å². The number of amides is 1. The number of carbonyl (C=O) groups is 1. The molecule has 0 aliphatic rings. The van der Waals surface area contributed by atoms with Crippen LogP contribution in [-0.2, 0) is 6.54 Å². The van der Waals surface area contributed by atoms with E-state index in [9.17, 15) is 14.9 Å². The predicted molar refractivity (Wildman–Crippen MR) is 80.7 cm³/mol. The fraction of sp³-hybridized carbons (Fsp3) is 0.231. The van der Waals surface area contributed by atoms with E-state index in [4.69, 9.17) is 0 Å². The molecule has 0 bridgehead atoms. The summed E-state index contributed by atoms with van der Waals surface area (Å²) in [5.41, 5.74) is 0.477. The zero-order valence-electron chi connectivity index (χ0n) is 11.5. The van der Waals surface area contributed by atoms with Crippen molar-refractivity contribution >= 4 is 28.6 Å². The number of aromatic nitrogens is 1. The smallest absolute Gasteiger partial charge is 0.293 e. The molecule has 1 heterocycles. The highest BCUT2D eigenvalue weighted by molar-refractivity contribution is 7.11. The van der Waals surface area contributed by atoms with Gasteiger partial charge in [-0.05, 0) is 19.1 Å². The van der Waals surface area contributed by atoms with Crippen LogP contribution in [-0.4, -0.2) is 22.9 Å². The molecule has 0 saturated heterocycles. The van der Waals surface area contributed by atoms with Crippen LogP contribution in [0, 0.1) is 17.0 Å². The number of carbonyl (C=O) groups excluding carboxylic acids is 1. The third kappa shape index (κ3) is 3.54. The van der Waals surface area contributed by atoms with Crippen molar-refractivity contribution in [2.24, 2.45) is 0 Å². The molecule has 0 spiro atoms. The summed E-state index contributed by atoms with van der Waals surface area (Å²) in [4.78, 5) is 27.4. The van der Waals surface area contributed by atoms with E-state index in [1.54, 1.807) is 12.3 Å². The van der Waals surface area contributed by atoms with Gasteiger partial charge in [-0.3, -0.25) is 14.9 Å². The standard InChI is InChI=1S/C13H14N4O3S/c1-8-6-16-12(21-8)7-15-10-4-3-9(13(18)14-2)5-11(10)17(19)20/h3-6,15H,7H2,1-2H3,(H,14,18). The summed E-state index contributed by atoms with van der Waals surface area (Å²) in [7, 11) is 1.48. The van der Waals surface area contributed by atoms with Crippen LogP contribution in [0.3, 0.4) is 0 Å². The zero-order chi connectivity index (χ0) is 15.4. The molecular weight excluding hydrogens is 292 g/mol. The Bertz CT molecular complexity index is 684. The zero-order valence-corrected chi connectivity index (χ0v) is 12.4. The normalized spacial score (nSPS) is 10.2. The van der Waals surface area contributed by atoms with Crippen molar-refractivity contribution in [3.63, 3.8) is 0 Å². The number of hydrogen-bond acceptors (Lipinski definition) is 6. The summed E-state index contributed by atoms with van der Waals surface area (Å²) in [5.74, 6) is -0.361. The van der Waals surface area contributed by atoms with Gasteiger partial charge in [-0.2, -0.15) is 0 Å². The fourth-order valence-corrected chi connectivity index (χ4v) is 2.50. The van der Waals surface area contributed by atoms with E-state index >= 15 is 0 Å². The van der Waals surface area contributed by atoms with Crippen molar-refractivity contribution in [3.05, 3.63) is 50.0 Å². The van der Waals surface area contributed by atoms with Crippen LogP contribution in [0.1, 0.15) is 20.2 Å². The number of nitro groups is 1. The van der Waals surface area contributed by atoms with Crippen molar-refractivity contribution in [1.29, 1.82) is 0 Å². The molecule has 0 fully saturated rings. The monoisotopic (exact) mass is 306 g/mol. The average molecular weight is 306 g/mol. The topological polar surface area (TPSA) is 97.2 Å². The van der Waals surface area contributed by atoms with Crippen molar-refractivity contribution in [2.75, 3.05) is 12.4 Å². The number of benzene rings is 1. The molecule has 110 valence electrons. The first-order chi connectivity index (χ1) is 10.0. The van der Waals surface area contributed by atoms with Gasteiger partial charge in [0.2, 0.25) is 0 Å². The molecule has 2 aromatic rings. The van der Waals surface area contributed by atoms with Crippen LogP contribution in [0.25, 0.3) is 0 Å². The fourth-order valence-electron chi connectivity index (χ4n) is 1.77. The first-order valence-electron chi connectivity index (χ1n) is 6.17. The molecule has 21 heavy (non-hydrogen) atoms. The largest absolute Gasteiger partial charge is 0.373 e. The Morgan fingerprint density at radius 1 is 1.48 bits per heavy atom. The maximum Gasteiger partial charge on any atom is 0.293 e. The summed E-state index contributed by atoms with van der Waals surface area (Å²) >= 11 is 1.53. The summed E-state index contributed by atoms with van der Waals surface area (Å²) in [6.45, 7) is 2.35. The molecule has 0 aliphatic heterocycles. The number of thiazole rings is 1. The molecule has 8 heteroatoms. The van der Waals surface area contributed by atoms with Crippen LogP contribution in [0.2, 0.25) is 0 Å². The van der Waals surface area contributed by atoms with Crippen LogP contribution in [0.15, 0.2) is 24.4 Å². The molecule has 1 aromatic heterocycles. The lowest BCUT2D eigenvalue weighted by Crippen LogP contribution is -2.18. The van der Waals surface area contributed by atoms with Crippen LogP contribution >= 0.6 is 11.3 Å². The van der Waals surface area contributed by atoms with Crippen molar-refractivity contribution in [1.82, 2.24) is 10.3 Å². The molecule has 2 rings (SSSR count). The number of hydrogen-bond donors (Lipinski definition) is 2. The Kier molecular flexibility index (Phi) is 4.49. The maximum absolute atomic E-state index is 11.5. The summed E-state index contributed by atoms with van der Waals surface area (Å²) in [5, 5.41) is 17.4. The van der Waals surface area contributed by atoms with Gasteiger partial charge in [-0.1, -0.05) is 0 Å². The van der Waals surface area contributed by atoms with E-state index in [1.165, 1.54) is 30.5 Å². The first kappa shape index (κ1) is 14.9. The number of aryl methyl sites for hydroxylation is 1. The summed E-state index contributed by atoms with van der Waals surface area (Å²) in [6.07, 6.45) is 1.75. The molecule has 1 aromatic carbocycles. The lowest BCUT2D eigenvalue weighted by atomic mass is 10.1. The molecule has 2 N–H and O–H groups in total. The maximum atomic E-state index is 11.5. The highest BCUT2D eigenvalue weighted by Gasteiger charge is 2.17. The molecule has 0 unspecified atom stereocenters. The van der Waals surface area contributed by atoms with E-state index in [1.807, 2.05) is 6.92 Å². The minimum atomic E-state index is -0.512. The van der Waals surface area contributed by atoms with Gasteiger partial charge in [0.15, 0.2) is 0 Å². The number of nitrogens with zero attached hydrogens (tertiary/aromatic N) is 2. The summed E-state index contributed by atoms with van der Waals surface area (Å²) < 4.78 is 0. The number of anilines is 1. The minimum Gasteiger partial charge on any atom is -0.373 e. The predicted octanol–water partition coefficient (Wildman–Crippen LogP) is 2.33. The highest BCUT2D eigenvalue weighted by Crippen LogP contribution is 2.26. The van der Waals surface area contributed by atoms with Gasteiger partial charge in [-0.15, -0.1) is 11.3 Å². The number of nitro benzene ring substituents is 1. The van der Waals surface area contributed by atoms with Gasteiger partial charge in [0.1, 0.15) is 10.7 Å². The Hall–Kier alpha value is -2.48. The van der Waals surface area contributed by atoms with Gasteiger partial charge < -0.3 is 10.6 Å². The van der Waals surface area contributed by atoms with E-state index in [-0.39, 0.29) is 17.2 Å². The van der Waals surface area contributed by atoms with Gasteiger partial charge in [0, 0.05) is 29.8 Å². The minimum absolute atomic E-state index is 0.135. The third-order valence-corrected chi connectivity index (χ3v) is 3.70. The molecule has 0 radical (unpaired) electrons. The van der Waals surface area contributed by atoms with Crippen molar-refractivity contribution in [3.8, 4) is 0 Å². The molecule has 0 aliphatic carbocycles. The van der Waals surface area contributed by atoms with Crippen molar-refractivity contribution < 1.29 is 9.72 Å². The molecule has 0 atom stereocenters.